The summed E-state index contributed by atoms with van der Waals surface area (Å²) in [5.74, 6) is 0. The number of rotatable bonds is 8. The van der Waals surface area contributed by atoms with E-state index in [1.54, 1.807) is 0 Å². The number of unbranched alkanes of at least 4 members (excludes halogenated alkanes) is 4. The van der Waals surface area contributed by atoms with Crippen LogP contribution in [0.1, 0.15) is 58.8 Å². The fourth-order valence-electron chi connectivity index (χ4n) is 1.48. The molecule has 0 radical (unpaired) electrons. The quantitative estimate of drug-likeness (QED) is 0.350. The second kappa shape index (κ2) is 9.44. The van der Waals surface area contributed by atoms with Crippen molar-refractivity contribution in [3.8, 4) is 0 Å². The third kappa shape index (κ3) is 7.05. The second-order valence-electron chi connectivity index (χ2n) is 3.92. The van der Waals surface area contributed by atoms with Crippen molar-refractivity contribution in [2.75, 3.05) is 0 Å². The van der Waals surface area contributed by atoms with E-state index >= 15 is 0 Å². The summed E-state index contributed by atoms with van der Waals surface area (Å²) in [6.07, 6.45) is 4.71. The minimum Gasteiger partial charge on any atom is -0.746 e. The van der Waals surface area contributed by atoms with E-state index in [9.17, 15) is 18.1 Å². The average Bonchev–Trinajstić information content (AvgIpc) is 2.15. The van der Waals surface area contributed by atoms with Crippen LogP contribution in [-0.2, 0) is 10.1 Å². The van der Waals surface area contributed by atoms with E-state index in [2.05, 4.69) is 6.92 Å². The summed E-state index contributed by atoms with van der Waals surface area (Å²) in [6, 6.07) is 0. The van der Waals surface area contributed by atoms with Crippen LogP contribution in [0.3, 0.4) is 0 Å². The van der Waals surface area contributed by atoms with Crippen molar-refractivity contribution in [1.82, 2.24) is 0 Å². The maximum atomic E-state index is 10.8. The van der Waals surface area contributed by atoms with Crippen molar-refractivity contribution in [1.29, 1.82) is 0 Å². The van der Waals surface area contributed by atoms with Crippen LogP contribution in [0, 0.1) is 0 Å². The molecule has 16 heavy (non-hydrogen) atoms. The van der Waals surface area contributed by atoms with Crippen LogP contribution in [0.25, 0.3) is 0 Å². The van der Waals surface area contributed by atoms with Crippen LogP contribution in [0.5, 0.6) is 0 Å². The van der Waals surface area contributed by atoms with Gasteiger partial charge in [0.15, 0.2) is 4.93 Å². The third-order valence-electron chi connectivity index (χ3n) is 2.69. The molecule has 0 aromatic rings. The summed E-state index contributed by atoms with van der Waals surface area (Å²) >= 11 is 0. The van der Waals surface area contributed by atoms with Crippen molar-refractivity contribution in [3.63, 3.8) is 0 Å². The fraction of sp³-hybridized carbons (Fsp3) is 1.00. The Labute approximate surface area is 141 Å². The summed E-state index contributed by atoms with van der Waals surface area (Å²) < 4.78 is 32.4. The number of aliphatic hydroxyl groups is 1. The van der Waals surface area contributed by atoms with E-state index in [4.69, 9.17) is 0 Å². The van der Waals surface area contributed by atoms with Gasteiger partial charge in [-0.05, 0) is 19.3 Å². The molecule has 0 amide bonds. The van der Waals surface area contributed by atoms with Gasteiger partial charge in [-0.2, -0.15) is 0 Å². The Hall–Kier alpha value is 1.51. The first-order chi connectivity index (χ1) is 6.87. The first-order valence-corrected chi connectivity index (χ1v) is 6.96. The molecule has 4 nitrogen and oxygen atoms in total. The van der Waals surface area contributed by atoms with Gasteiger partial charge in [0.05, 0.1) is 0 Å². The summed E-state index contributed by atoms with van der Waals surface area (Å²) in [4.78, 5) is -2.06. The maximum Gasteiger partial charge on any atom is 1.00 e. The first-order valence-electron chi connectivity index (χ1n) is 5.55. The molecular weight excluding hydrogens is 255 g/mol. The Morgan fingerprint density at radius 1 is 1.12 bits per heavy atom. The van der Waals surface area contributed by atoms with E-state index in [0.29, 0.717) is 6.42 Å². The zero-order valence-corrected chi connectivity index (χ0v) is 14.5. The molecule has 0 heterocycles. The van der Waals surface area contributed by atoms with Gasteiger partial charge in [-0.1, -0.05) is 39.5 Å². The predicted molar refractivity (Wildman–Crippen MR) is 58.3 cm³/mol. The molecule has 0 aromatic carbocycles. The minimum absolute atomic E-state index is 0. The van der Waals surface area contributed by atoms with Crippen molar-refractivity contribution < 1.29 is 69.5 Å². The van der Waals surface area contributed by atoms with Crippen molar-refractivity contribution in [3.05, 3.63) is 0 Å². The summed E-state index contributed by atoms with van der Waals surface area (Å²) in [5.41, 5.74) is 0. The SMILES string of the molecule is CCCCCCCC(O)(CC)S(=O)(=O)[O-].[K+]. The molecule has 0 fully saturated rings. The van der Waals surface area contributed by atoms with Gasteiger partial charge in [0, 0.05) is 0 Å². The van der Waals surface area contributed by atoms with Crippen LogP contribution >= 0.6 is 0 Å². The summed E-state index contributed by atoms with van der Waals surface area (Å²) in [6.45, 7) is 3.60. The monoisotopic (exact) mass is 276 g/mol. The maximum absolute atomic E-state index is 10.8. The molecule has 0 spiro atoms. The molecule has 6 heteroatoms. The van der Waals surface area contributed by atoms with Gasteiger partial charge in [-0.25, -0.2) is 8.42 Å². The Morgan fingerprint density at radius 3 is 2.00 bits per heavy atom. The minimum atomic E-state index is -4.60. The van der Waals surface area contributed by atoms with Crippen molar-refractivity contribution >= 4 is 10.1 Å². The van der Waals surface area contributed by atoms with E-state index in [1.165, 1.54) is 6.92 Å². The van der Waals surface area contributed by atoms with Crippen molar-refractivity contribution in [2.24, 2.45) is 0 Å². The molecule has 0 saturated carbocycles. The average molecular weight is 276 g/mol. The third-order valence-corrected chi connectivity index (χ3v) is 4.11. The normalized spacial score (nSPS) is 15.2. The van der Waals surface area contributed by atoms with Crippen LogP contribution in [-0.4, -0.2) is 23.0 Å². The van der Waals surface area contributed by atoms with Crippen LogP contribution in [0.15, 0.2) is 0 Å². The Bertz CT molecular complexity index is 266. The predicted octanol–water partition coefficient (Wildman–Crippen LogP) is -1.01. The first kappa shape index (κ1) is 19.8. The van der Waals surface area contributed by atoms with Gasteiger partial charge in [0.2, 0.25) is 0 Å². The van der Waals surface area contributed by atoms with Gasteiger partial charge in [-0.15, -0.1) is 0 Å². The van der Waals surface area contributed by atoms with Gasteiger partial charge >= 0.3 is 51.4 Å². The molecule has 1 atom stereocenters. The van der Waals surface area contributed by atoms with Gasteiger partial charge in [0.25, 0.3) is 0 Å². The molecule has 0 aromatic heterocycles. The van der Waals surface area contributed by atoms with E-state index in [-0.39, 0.29) is 64.2 Å². The van der Waals surface area contributed by atoms with Gasteiger partial charge in [0.1, 0.15) is 10.1 Å². The van der Waals surface area contributed by atoms with E-state index < -0.39 is 15.1 Å². The van der Waals surface area contributed by atoms with Gasteiger partial charge < -0.3 is 9.66 Å². The largest absolute Gasteiger partial charge is 1.00 e. The number of hydrogen-bond donors (Lipinski definition) is 1. The molecule has 0 bridgehead atoms. The second-order valence-corrected chi connectivity index (χ2v) is 5.59. The van der Waals surface area contributed by atoms with E-state index in [0.717, 1.165) is 25.7 Å². The van der Waals surface area contributed by atoms with Crippen molar-refractivity contribution in [2.45, 2.75) is 63.7 Å². The molecule has 0 rings (SSSR count). The van der Waals surface area contributed by atoms with Crippen LogP contribution in [0.2, 0.25) is 0 Å². The zero-order valence-electron chi connectivity index (χ0n) is 10.5. The Kier molecular flexibility index (Phi) is 11.7. The van der Waals surface area contributed by atoms with E-state index in [1.807, 2.05) is 0 Å². The molecule has 0 aliphatic rings. The number of hydrogen-bond acceptors (Lipinski definition) is 4. The molecule has 1 unspecified atom stereocenters. The molecule has 0 saturated heterocycles. The topological polar surface area (TPSA) is 77.4 Å². The van der Waals surface area contributed by atoms with Gasteiger partial charge in [-0.3, -0.25) is 0 Å². The molecule has 0 aliphatic heterocycles. The van der Waals surface area contributed by atoms with Crippen LogP contribution < -0.4 is 51.4 Å². The molecule has 92 valence electrons. The Morgan fingerprint density at radius 2 is 1.62 bits per heavy atom. The smallest absolute Gasteiger partial charge is 0.746 e. The molecule has 1 N–H and O–H groups in total. The zero-order chi connectivity index (χ0) is 11.9. The molecule has 0 aliphatic carbocycles. The van der Waals surface area contributed by atoms with Crippen LogP contribution in [0.4, 0.5) is 0 Å². The fourth-order valence-corrected chi connectivity index (χ4v) is 2.23. The Balaban J connectivity index is 0. The molecular formula is C10H21KO4S. The standard InChI is InChI=1S/C10H22O4S.K/c1-3-5-6-7-8-9-10(11,4-2)15(12,13)14;/h11H,3-9H2,1-2H3,(H,12,13,14);/q;+1/p-1. The summed E-state index contributed by atoms with van der Waals surface area (Å²) in [7, 11) is -4.60. The summed E-state index contributed by atoms with van der Waals surface area (Å²) in [5, 5.41) is 9.61.